The Morgan fingerprint density at radius 2 is 1.72 bits per heavy atom. The molecule has 3 nitrogen and oxygen atoms in total. The molecule has 0 N–H and O–H groups in total. The van der Waals surface area contributed by atoms with Gasteiger partial charge in [-0.15, -0.1) is 0 Å². The van der Waals surface area contributed by atoms with Crippen molar-refractivity contribution in [1.29, 1.82) is 10.5 Å². The van der Waals surface area contributed by atoms with E-state index in [1.165, 1.54) is 6.08 Å². The van der Waals surface area contributed by atoms with Crippen LogP contribution in [0.3, 0.4) is 0 Å². The summed E-state index contributed by atoms with van der Waals surface area (Å²) in [6, 6.07) is 23.7. The number of rotatable bonds is 2. The first-order chi connectivity index (χ1) is 12.3. The number of para-hydroxylation sites is 2. The average molecular weight is 320 g/mol. The molecule has 0 aliphatic carbocycles. The molecule has 0 bridgehead atoms. The first kappa shape index (κ1) is 14.8. The van der Waals surface area contributed by atoms with E-state index in [4.69, 9.17) is 9.68 Å². The zero-order valence-electron chi connectivity index (χ0n) is 13.2. The molecule has 25 heavy (non-hydrogen) atoms. The molecule has 0 aliphatic rings. The normalized spacial score (nSPS) is 11.0. The summed E-state index contributed by atoms with van der Waals surface area (Å²) >= 11 is 0. The monoisotopic (exact) mass is 320 g/mol. The second kappa shape index (κ2) is 6.00. The zero-order valence-corrected chi connectivity index (χ0v) is 13.2. The van der Waals surface area contributed by atoms with Crippen molar-refractivity contribution in [2.24, 2.45) is 0 Å². The highest BCUT2D eigenvalue weighted by molar-refractivity contribution is 6.09. The highest BCUT2D eigenvalue weighted by Crippen LogP contribution is 2.36. The van der Waals surface area contributed by atoms with E-state index in [0.29, 0.717) is 5.56 Å². The van der Waals surface area contributed by atoms with Crippen LogP contribution in [0.15, 0.2) is 71.2 Å². The van der Waals surface area contributed by atoms with E-state index in [1.807, 2.05) is 60.7 Å². The van der Waals surface area contributed by atoms with Crippen LogP contribution in [-0.4, -0.2) is 0 Å². The van der Waals surface area contributed by atoms with E-state index in [9.17, 15) is 5.26 Å². The molecule has 1 heterocycles. The fourth-order valence-electron chi connectivity index (χ4n) is 3.07. The number of furan rings is 1. The molecule has 0 radical (unpaired) electrons. The Balaban J connectivity index is 1.98. The fourth-order valence-corrected chi connectivity index (χ4v) is 3.07. The van der Waals surface area contributed by atoms with Gasteiger partial charge in [0.05, 0.1) is 17.7 Å². The van der Waals surface area contributed by atoms with E-state index < -0.39 is 0 Å². The molecule has 0 spiro atoms. The maximum Gasteiger partial charge on any atom is 0.143 e. The maximum atomic E-state index is 9.26. The molecule has 3 aromatic carbocycles. The molecular weight excluding hydrogens is 308 g/mol. The lowest BCUT2D eigenvalue weighted by atomic mass is 9.97. The molecule has 1 aromatic heterocycles. The molecule has 0 fully saturated rings. The summed E-state index contributed by atoms with van der Waals surface area (Å²) < 4.78 is 6.08. The Labute approximate surface area is 144 Å². The van der Waals surface area contributed by atoms with Gasteiger partial charge in [0.1, 0.15) is 11.2 Å². The summed E-state index contributed by atoms with van der Waals surface area (Å²) in [5.41, 5.74) is 4.83. The minimum absolute atomic E-state index is 0.534. The van der Waals surface area contributed by atoms with Gasteiger partial charge in [0, 0.05) is 22.4 Å². The standard InChI is InChI=1S/C22H12N2O/c23-12-4-5-15-13-16(10-11-17(15)14-24)18-7-3-8-20-19-6-1-2-9-21(19)25-22(18)20/h1-11,13H/b5-4-. The molecule has 4 aromatic rings. The van der Waals surface area contributed by atoms with E-state index in [2.05, 4.69) is 6.07 Å². The van der Waals surface area contributed by atoms with Crippen molar-refractivity contribution in [3.8, 4) is 23.3 Å². The van der Waals surface area contributed by atoms with Gasteiger partial charge in [-0.2, -0.15) is 10.5 Å². The predicted octanol–water partition coefficient (Wildman–Crippen LogP) is 5.66. The first-order valence-corrected chi connectivity index (χ1v) is 7.83. The predicted molar refractivity (Wildman–Crippen MR) is 98.5 cm³/mol. The third-order valence-corrected chi connectivity index (χ3v) is 4.22. The molecule has 0 aliphatic heterocycles. The Hall–Kier alpha value is -3.82. The summed E-state index contributed by atoms with van der Waals surface area (Å²) in [5.74, 6) is 0. The van der Waals surface area contributed by atoms with Crippen LogP contribution in [0, 0.1) is 22.7 Å². The second-order valence-corrected chi connectivity index (χ2v) is 5.66. The smallest absolute Gasteiger partial charge is 0.143 e. The number of nitriles is 2. The van der Waals surface area contributed by atoms with Crippen molar-refractivity contribution < 1.29 is 4.42 Å². The highest BCUT2D eigenvalue weighted by atomic mass is 16.3. The SMILES string of the molecule is N#C/C=C\c1cc(-c2cccc3c2oc2ccccc23)ccc1C#N. The van der Waals surface area contributed by atoms with Crippen LogP contribution in [-0.2, 0) is 0 Å². The van der Waals surface area contributed by atoms with E-state index in [1.54, 1.807) is 12.1 Å². The molecule has 4 rings (SSSR count). The van der Waals surface area contributed by atoms with Crippen LogP contribution in [0.25, 0.3) is 39.1 Å². The largest absolute Gasteiger partial charge is 0.455 e. The molecule has 0 saturated carbocycles. The molecular formula is C22H12N2O. The van der Waals surface area contributed by atoms with E-state index in [-0.39, 0.29) is 0 Å². The van der Waals surface area contributed by atoms with Crippen LogP contribution in [0.4, 0.5) is 0 Å². The summed E-state index contributed by atoms with van der Waals surface area (Å²) in [4.78, 5) is 0. The number of fused-ring (bicyclic) bond motifs is 3. The minimum atomic E-state index is 0.534. The Morgan fingerprint density at radius 3 is 2.56 bits per heavy atom. The molecule has 0 saturated heterocycles. The van der Waals surface area contributed by atoms with Gasteiger partial charge < -0.3 is 4.42 Å². The Morgan fingerprint density at radius 1 is 0.880 bits per heavy atom. The van der Waals surface area contributed by atoms with Crippen molar-refractivity contribution in [3.63, 3.8) is 0 Å². The van der Waals surface area contributed by atoms with Gasteiger partial charge >= 0.3 is 0 Å². The zero-order chi connectivity index (χ0) is 17.2. The third-order valence-electron chi connectivity index (χ3n) is 4.22. The van der Waals surface area contributed by atoms with Gasteiger partial charge in [-0.25, -0.2) is 0 Å². The van der Waals surface area contributed by atoms with Gasteiger partial charge in [0.2, 0.25) is 0 Å². The lowest BCUT2D eigenvalue weighted by Gasteiger charge is -2.05. The summed E-state index contributed by atoms with van der Waals surface area (Å²) in [6.45, 7) is 0. The van der Waals surface area contributed by atoms with Crippen LogP contribution >= 0.6 is 0 Å². The molecule has 0 atom stereocenters. The lowest BCUT2D eigenvalue weighted by Crippen LogP contribution is -1.85. The minimum Gasteiger partial charge on any atom is -0.455 e. The summed E-state index contributed by atoms with van der Waals surface area (Å²) in [5, 5.41) is 20.2. The topological polar surface area (TPSA) is 60.7 Å². The van der Waals surface area contributed by atoms with Gasteiger partial charge in [0.25, 0.3) is 0 Å². The van der Waals surface area contributed by atoms with E-state index >= 15 is 0 Å². The van der Waals surface area contributed by atoms with Crippen LogP contribution in [0.2, 0.25) is 0 Å². The number of benzene rings is 3. The Kier molecular flexibility index (Phi) is 3.54. The second-order valence-electron chi connectivity index (χ2n) is 5.66. The van der Waals surface area contributed by atoms with Gasteiger partial charge in [-0.05, 0) is 35.4 Å². The number of hydrogen-bond donors (Lipinski definition) is 0. The van der Waals surface area contributed by atoms with Crippen molar-refractivity contribution >= 4 is 28.0 Å². The van der Waals surface area contributed by atoms with Gasteiger partial charge in [0.15, 0.2) is 0 Å². The summed E-state index contributed by atoms with van der Waals surface area (Å²) in [6.07, 6.45) is 3.03. The molecule has 0 unspecified atom stereocenters. The van der Waals surface area contributed by atoms with Crippen LogP contribution in [0.1, 0.15) is 11.1 Å². The van der Waals surface area contributed by atoms with Crippen molar-refractivity contribution in [1.82, 2.24) is 0 Å². The Bertz CT molecular complexity index is 1220. The molecule has 0 amide bonds. The molecule has 116 valence electrons. The maximum absolute atomic E-state index is 9.26. The first-order valence-electron chi connectivity index (χ1n) is 7.83. The average Bonchev–Trinajstić information content (AvgIpc) is 3.05. The third kappa shape index (κ3) is 2.45. The highest BCUT2D eigenvalue weighted by Gasteiger charge is 2.12. The number of nitrogens with zero attached hydrogens (tertiary/aromatic N) is 2. The summed E-state index contributed by atoms with van der Waals surface area (Å²) in [7, 11) is 0. The quantitative estimate of drug-likeness (QED) is 0.448. The fraction of sp³-hybridized carbons (Fsp3) is 0. The van der Waals surface area contributed by atoms with Crippen LogP contribution < -0.4 is 0 Å². The number of allylic oxidation sites excluding steroid dienone is 1. The van der Waals surface area contributed by atoms with Crippen LogP contribution in [0.5, 0.6) is 0 Å². The van der Waals surface area contributed by atoms with Crippen molar-refractivity contribution in [2.75, 3.05) is 0 Å². The number of hydrogen-bond acceptors (Lipinski definition) is 3. The van der Waals surface area contributed by atoms with Crippen molar-refractivity contribution in [2.45, 2.75) is 0 Å². The van der Waals surface area contributed by atoms with Gasteiger partial charge in [-0.3, -0.25) is 0 Å². The van der Waals surface area contributed by atoms with Gasteiger partial charge in [-0.1, -0.05) is 42.5 Å². The van der Waals surface area contributed by atoms with Crippen molar-refractivity contribution in [3.05, 3.63) is 77.9 Å². The van der Waals surface area contributed by atoms with E-state index in [0.717, 1.165) is 38.6 Å². The molecule has 3 heteroatoms. The lowest BCUT2D eigenvalue weighted by molar-refractivity contribution is 0.670.